The number of hydrogen-bond acceptors (Lipinski definition) is 3. The zero-order valence-electron chi connectivity index (χ0n) is 72.0. The predicted molar refractivity (Wildman–Crippen MR) is 549 cm³/mol. The predicted octanol–water partition coefficient (Wildman–Crippen LogP) is 31.4. The first-order valence-electron chi connectivity index (χ1n) is 46.0. The molecule has 28 rings (SSSR count). The van der Waals surface area contributed by atoms with E-state index >= 15 is 0 Å². The van der Waals surface area contributed by atoms with Gasteiger partial charge in [0.15, 0.2) is 0 Å². The van der Waals surface area contributed by atoms with Crippen molar-refractivity contribution in [2.45, 2.75) is 10.8 Å². The van der Waals surface area contributed by atoms with Gasteiger partial charge in [0.1, 0.15) is 11.2 Å². The number of nitrogens with zero attached hydrogens (tertiary/aromatic N) is 2. The van der Waals surface area contributed by atoms with Gasteiger partial charge in [0.25, 0.3) is 6.71 Å². The Kier molecular flexibility index (Phi) is 16.2. The second-order valence-corrected chi connectivity index (χ2v) is 36.2. The van der Waals surface area contributed by atoms with Crippen molar-refractivity contribution < 1.29 is 4.42 Å². The van der Waals surface area contributed by atoms with Crippen LogP contribution in [0, 0.1) is 0 Å². The second kappa shape index (κ2) is 28.8. The fraction of sp³-hybridized carbons (Fsp3) is 0.0156. The van der Waals surface area contributed by atoms with Crippen LogP contribution in [0.2, 0.25) is 0 Å². The van der Waals surface area contributed by atoms with Crippen LogP contribution in [0.4, 0.5) is 34.1 Å². The lowest BCUT2D eigenvalue weighted by atomic mass is 9.33. The van der Waals surface area contributed by atoms with Crippen molar-refractivity contribution in [3.05, 3.63) is 524 Å². The smallest absolute Gasteiger partial charge is 0.252 e. The quantitative estimate of drug-likeness (QED) is 0.120. The van der Waals surface area contributed by atoms with Gasteiger partial charge in [-0.05, 0) is 250 Å². The number of rotatable bonds is 11. The van der Waals surface area contributed by atoms with Gasteiger partial charge in [0.2, 0.25) is 0 Å². The van der Waals surface area contributed by atoms with Crippen molar-refractivity contribution in [3.63, 3.8) is 0 Å². The molecule has 2 aliphatic heterocycles. The molecule has 0 atom stereocenters. The van der Waals surface area contributed by atoms with E-state index in [0.29, 0.717) is 0 Å². The fourth-order valence-electron chi connectivity index (χ4n) is 24.4. The summed E-state index contributed by atoms with van der Waals surface area (Å²) in [5.41, 5.74) is 51.3. The number of para-hydroxylation sites is 1. The minimum Gasteiger partial charge on any atom is -0.456 e. The molecule has 0 saturated heterocycles. The fourth-order valence-corrected chi connectivity index (χ4v) is 24.4. The zero-order chi connectivity index (χ0) is 86.4. The van der Waals surface area contributed by atoms with E-state index in [0.717, 1.165) is 145 Å². The normalized spacial score (nSPS) is 13.5. The molecule has 4 aliphatic carbocycles. The average Bonchev–Trinajstić information content (AvgIpc) is 1.62. The summed E-state index contributed by atoms with van der Waals surface area (Å²) in [4.78, 5) is 5.46. The molecule has 3 heterocycles. The second-order valence-electron chi connectivity index (χ2n) is 36.2. The van der Waals surface area contributed by atoms with Crippen LogP contribution in [0.3, 0.4) is 0 Å². The lowest BCUT2D eigenvalue weighted by Gasteiger charge is -2.46. The van der Waals surface area contributed by atoms with Crippen LogP contribution in [0.1, 0.15) is 44.5 Å². The molecule has 6 aliphatic rings. The molecule has 4 heteroatoms. The average molecular weight is 1670 g/mol. The van der Waals surface area contributed by atoms with E-state index in [1.807, 2.05) is 0 Å². The van der Waals surface area contributed by atoms with Gasteiger partial charge < -0.3 is 14.2 Å². The summed E-state index contributed by atoms with van der Waals surface area (Å²) in [5.74, 6) is 0. The van der Waals surface area contributed by atoms with Crippen molar-refractivity contribution in [3.8, 4) is 145 Å². The monoisotopic (exact) mass is 1670 g/mol. The van der Waals surface area contributed by atoms with Crippen molar-refractivity contribution >= 4 is 79.2 Å². The molecule has 132 heavy (non-hydrogen) atoms. The van der Waals surface area contributed by atoms with E-state index in [1.54, 1.807) is 0 Å². The molecule has 0 fully saturated rings. The third kappa shape index (κ3) is 10.5. The summed E-state index contributed by atoms with van der Waals surface area (Å²) in [6, 6.07) is 182. The summed E-state index contributed by atoms with van der Waals surface area (Å²) >= 11 is 0. The Morgan fingerprint density at radius 1 is 0.174 bits per heavy atom. The SMILES string of the molecule is c1ccc(-c2cc(-c3ccccc3)c(N3c4ccc(-c5cccc6c5-c5ccccc5C65c6ccccc6-c6ccccc65)cc4B4c5cc(-c6cccc7c6-c6ccccc6C76c7ccccc7-c7ccccc76)ccc5N(c5c(-c6ccccc6)cc(-c6ccccc6)cc5-c5ccccc5)c5cc(-c6ccc7oc8ccccc8c7c6)cc3c54)c(-c3ccccc3)c2)cc1. The molecular formula is C128H79BN2O. The Hall–Kier alpha value is -16.9. The molecule has 0 bridgehead atoms. The first-order valence-corrected chi connectivity index (χ1v) is 46.0. The number of hydrogen-bond donors (Lipinski definition) is 0. The van der Waals surface area contributed by atoms with Crippen LogP contribution in [-0.2, 0) is 10.8 Å². The molecule has 610 valence electrons. The lowest BCUT2D eigenvalue weighted by molar-refractivity contribution is 0.669. The molecular weight excluding hydrogens is 1590 g/mol. The molecule has 21 aromatic carbocycles. The van der Waals surface area contributed by atoms with E-state index in [2.05, 4.69) is 489 Å². The molecule has 0 amide bonds. The summed E-state index contributed by atoms with van der Waals surface area (Å²) in [7, 11) is 0. The highest BCUT2D eigenvalue weighted by Gasteiger charge is 2.55. The van der Waals surface area contributed by atoms with Gasteiger partial charge >= 0.3 is 0 Å². The van der Waals surface area contributed by atoms with E-state index in [9.17, 15) is 0 Å². The first kappa shape index (κ1) is 74.2. The minimum atomic E-state index is -0.574. The third-order valence-corrected chi connectivity index (χ3v) is 29.7. The van der Waals surface area contributed by atoms with Crippen LogP contribution in [0.25, 0.3) is 167 Å². The summed E-state index contributed by atoms with van der Waals surface area (Å²) < 4.78 is 6.79. The molecule has 0 unspecified atom stereocenters. The Morgan fingerprint density at radius 3 is 0.856 bits per heavy atom. The molecule has 22 aromatic rings. The van der Waals surface area contributed by atoms with Crippen LogP contribution in [0.5, 0.6) is 0 Å². The van der Waals surface area contributed by atoms with Crippen LogP contribution >= 0.6 is 0 Å². The number of anilines is 6. The van der Waals surface area contributed by atoms with Gasteiger partial charge in [-0.15, -0.1) is 0 Å². The summed E-state index contributed by atoms with van der Waals surface area (Å²) in [5, 5.41) is 2.13. The highest BCUT2D eigenvalue weighted by Crippen LogP contribution is 2.67. The maximum atomic E-state index is 6.79. The summed E-state index contributed by atoms with van der Waals surface area (Å²) in [6.45, 7) is -0.428. The highest BCUT2D eigenvalue weighted by molar-refractivity contribution is 7.00. The number of fused-ring (bicyclic) bond motifs is 27. The van der Waals surface area contributed by atoms with Gasteiger partial charge in [0.05, 0.1) is 22.2 Å². The van der Waals surface area contributed by atoms with Gasteiger partial charge in [0, 0.05) is 55.8 Å². The maximum absolute atomic E-state index is 6.79. The molecule has 0 radical (unpaired) electrons. The third-order valence-electron chi connectivity index (χ3n) is 29.7. The van der Waals surface area contributed by atoms with Gasteiger partial charge in [-0.2, -0.15) is 0 Å². The summed E-state index contributed by atoms with van der Waals surface area (Å²) in [6.07, 6.45) is 0. The van der Waals surface area contributed by atoms with Crippen molar-refractivity contribution in [1.29, 1.82) is 0 Å². The minimum absolute atomic E-state index is 0.428. The van der Waals surface area contributed by atoms with Gasteiger partial charge in [-0.3, -0.25) is 0 Å². The van der Waals surface area contributed by atoms with Crippen molar-refractivity contribution in [2.75, 3.05) is 9.80 Å². The Bertz CT molecular complexity index is 7940. The van der Waals surface area contributed by atoms with Crippen molar-refractivity contribution in [2.24, 2.45) is 0 Å². The first-order chi connectivity index (χ1) is 65.5. The Labute approximate surface area is 767 Å². The molecule has 0 N–H and O–H groups in total. The molecule has 1 aromatic heterocycles. The maximum Gasteiger partial charge on any atom is 0.252 e. The number of benzene rings is 21. The standard InChI is InChI=1S/C128H79BN2O/c1-7-35-80(36-8-1)89-72-101(82-39-11-3-12-40-82)125(102(73-89)83-41-13-4-14-42-83)130-116-68-65-87(92-54-33-62-112-122(92)99-52-23-30-60-110(99)127(112)106-56-26-19-47-94(106)95-48-20-27-57-107(95)127)76-114(116)129-115-77-88(93-55-34-63-113-123(93)100-53-24-31-61-111(100)128(113)108-58-28-21-49-96(108)97-50-22-29-59-109(97)128)66-69-117(115)131(119-79-91(78-118(130)124(119)129)86-67-70-121-105(71-86)98-51-25-32-64-120(98)132-121)126-103(84-43-15-5-16-44-84)74-90(81-37-9-2-10-38-81)75-104(126)85-45-17-6-18-46-85/h1-79H. The Balaban J connectivity index is 0.800. The van der Waals surface area contributed by atoms with Crippen LogP contribution in [0.15, 0.2) is 484 Å². The topological polar surface area (TPSA) is 19.6 Å². The Morgan fingerprint density at radius 2 is 0.470 bits per heavy atom. The molecule has 2 spiro atoms. The van der Waals surface area contributed by atoms with Crippen molar-refractivity contribution in [1.82, 2.24) is 0 Å². The van der Waals surface area contributed by atoms with Crippen LogP contribution in [-0.4, -0.2) is 6.71 Å². The zero-order valence-corrected chi connectivity index (χ0v) is 72.0. The van der Waals surface area contributed by atoms with Gasteiger partial charge in [-0.25, -0.2) is 0 Å². The molecule has 3 nitrogen and oxygen atoms in total. The van der Waals surface area contributed by atoms with Gasteiger partial charge in [-0.1, -0.05) is 413 Å². The van der Waals surface area contributed by atoms with E-state index in [1.165, 1.54) is 117 Å². The molecule has 0 saturated carbocycles. The largest absolute Gasteiger partial charge is 0.456 e. The highest BCUT2D eigenvalue weighted by atomic mass is 16.3. The van der Waals surface area contributed by atoms with Crippen LogP contribution < -0.4 is 26.2 Å². The van der Waals surface area contributed by atoms with E-state index in [4.69, 9.17) is 4.42 Å². The number of furan rings is 1. The lowest BCUT2D eigenvalue weighted by Crippen LogP contribution is -2.61. The van der Waals surface area contributed by atoms with E-state index in [-0.39, 0.29) is 0 Å². The van der Waals surface area contributed by atoms with E-state index < -0.39 is 17.5 Å².